The number of rotatable bonds is 8. The lowest BCUT2D eigenvalue weighted by Crippen LogP contribution is -2.42. The molecule has 190 valence electrons. The van der Waals surface area contributed by atoms with Gasteiger partial charge in [-0.1, -0.05) is 37.3 Å². The maximum atomic E-state index is 13.0. The van der Waals surface area contributed by atoms with Crippen LogP contribution < -0.4 is 19.5 Å². The van der Waals surface area contributed by atoms with Crippen LogP contribution in [0.5, 0.6) is 17.2 Å². The van der Waals surface area contributed by atoms with Crippen LogP contribution in [0.3, 0.4) is 0 Å². The van der Waals surface area contributed by atoms with Crippen molar-refractivity contribution in [2.75, 3.05) is 41.5 Å². The van der Waals surface area contributed by atoms with Crippen molar-refractivity contribution in [3.63, 3.8) is 0 Å². The van der Waals surface area contributed by atoms with E-state index in [0.717, 1.165) is 33.9 Å². The van der Waals surface area contributed by atoms with E-state index in [1.54, 1.807) is 28.4 Å². The highest BCUT2D eigenvalue weighted by Gasteiger charge is 2.43. The van der Waals surface area contributed by atoms with Gasteiger partial charge < -0.3 is 24.4 Å². The van der Waals surface area contributed by atoms with Gasteiger partial charge in [-0.05, 0) is 58.5 Å². The minimum atomic E-state index is -0.475. The molecule has 0 aliphatic carbocycles. The monoisotopic (exact) mass is 490 g/mol. The van der Waals surface area contributed by atoms with Crippen molar-refractivity contribution in [1.29, 1.82) is 0 Å². The zero-order valence-electron chi connectivity index (χ0n) is 21.6. The third-order valence-corrected chi connectivity index (χ3v) is 7.35. The lowest BCUT2D eigenvalue weighted by Gasteiger charge is -2.26. The number of nitrogens with one attached hydrogen (secondary N) is 1. The van der Waals surface area contributed by atoms with E-state index in [0.29, 0.717) is 43.2 Å². The summed E-state index contributed by atoms with van der Waals surface area (Å²) in [7, 11) is 6.46. The number of methoxy groups -OCH3 is 3. The van der Waals surface area contributed by atoms with E-state index in [2.05, 4.69) is 23.5 Å². The molecule has 1 N–H and O–H groups in total. The fourth-order valence-electron chi connectivity index (χ4n) is 5.10. The SMILES string of the molecule is CCC1(C(=O)NC)CCN(C(=O)Cc2ccc3cc(-c4cc(OC)c(OC)c(OC)c4)ccc3c2)C1. The van der Waals surface area contributed by atoms with Crippen LogP contribution in [-0.4, -0.2) is 58.2 Å². The van der Waals surface area contributed by atoms with Crippen LogP contribution in [0, 0.1) is 5.41 Å². The molecule has 1 fully saturated rings. The fourth-order valence-corrected chi connectivity index (χ4v) is 5.10. The largest absolute Gasteiger partial charge is 0.493 e. The number of hydrogen-bond donors (Lipinski definition) is 1. The zero-order chi connectivity index (χ0) is 25.9. The van der Waals surface area contributed by atoms with E-state index in [9.17, 15) is 9.59 Å². The van der Waals surface area contributed by atoms with Crippen LogP contribution in [-0.2, 0) is 16.0 Å². The van der Waals surface area contributed by atoms with Crippen LogP contribution >= 0.6 is 0 Å². The molecule has 36 heavy (non-hydrogen) atoms. The minimum absolute atomic E-state index is 0.0221. The molecule has 0 bridgehead atoms. The molecule has 0 spiro atoms. The number of likely N-dealkylation sites (tertiary alicyclic amines) is 1. The summed E-state index contributed by atoms with van der Waals surface area (Å²) in [6.45, 7) is 3.11. The molecule has 1 aliphatic heterocycles. The molecule has 3 aromatic rings. The Morgan fingerprint density at radius 2 is 1.58 bits per heavy atom. The van der Waals surface area contributed by atoms with Crippen LogP contribution in [0.4, 0.5) is 0 Å². The fraction of sp³-hybridized carbons (Fsp3) is 0.379. The number of carbonyl (C=O) groups is 2. The van der Waals surface area contributed by atoms with Crippen molar-refractivity contribution >= 4 is 22.6 Å². The van der Waals surface area contributed by atoms with Crippen LogP contribution in [0.15, 0.2) is 48.5 Å². The molecular weight excluding hydrogens is 456 g/mol. The molecule has 0 aromatic heterocycles. The lowest BCUT2D eigenvalue weighted by molar-refractivity contribution is -0.132. The van der Waals surface area contributed by atoms with Gasteiger partial charge in [-0.2, -0.15) is 0 Å². The van der Waals surface area contributed by atoms with E-state index >= 15 is 0 Å². The van der Waals surface area contributed by atoms with Gasteiger partial charge in [0.1, 0.15) is 0 Å². The van der Waals surface area contributed by atoms with Gasteiger partial charge in [0.15, 0.2) is 11.5 Å². The van der Waals surface area contributed by atoms with Crippen LogP contribution in [0.1, 0.15) is 25.3 Å². The highest BCUT2D eigenvalue weighted by molar-refractivity contribution is 5.90. The van der Waals surface area contributed by atoms with Gasteiger partial charge in [-0.15, -0.1) is 0 Å². The number of fused-ring (bicyclic) bond motifs is 1. The molecule has 0 radical (unpaired) electrons. The zero-order valence-corrected chi connectivity index (χ0v) is 21.6. The van der Waals surface area contributed by atoms with Crippen LogP contribution in [0.25, 0.3) is 21.9 Å². The first-order valence-electron chi connectivity index (χ1n) is 12.2. The second kappa shape index (κ2) is 10.5. The Labute approximate surface area is 212 Å². The Balaban J connectivity index is 1.54. The smallest absolute Gasteiger partial charge is 0.227 e. The molecule has 3 aromatic carbocycles. The summed E-state index contributed by atoms with van der Waals surface area (Å²) in [4.78, 5) is 27.3. The number of nitrogens with zero attached hydrogens (tertiary/aromatic N) is 1. The number of amides is 2. The summed E-state index contributed by atoms with van der Waals surface area (Å²) >= 11 is 0. The molecule has 7 heteroatoms. The van der Waals surface area contributed by atoms with Gasteiger partial charge in [-0.25, -0.2) is 0 Å². The highest BCUT2D eigenvalue weighted by Crippen LogP contribution is 2.41. The van der Waals surface area contributed by atoms with E-state index < -0.39 is 5.41 Å². The van der Waals surface area contributed by atoms with Gasteiger partial charge in [0, 0.05) is 20.1 Å². The molecule has 2 amide bonds. The van der Waals surface area contributed by atoms with Crippen molar-refractivity contribution < 1.29 is 23.8 Å². The molecule has 4 rings (SSSR count). The number of benzene rings is 3. The summed E-state index contributed by atoms with van der Waals surface area (Å²) in [5.74, 6) is 1.84. The van der Waals surface area contributed by atoms with E-state index in [1.807, 2.05) is 42.2 Å². The summed E-state index contributed by atoms with van der Waals surface area (Å²) in [5.41, 5.74) is 2.46. The second-order valence-electron chi connectivity index (χ2n) is 9.27. The first kappa shape index (κ1) is 25.4. The average Bonchev–Trinajstić information content (AvgIpc) is 3.37. The van der Waals surface area contributed by atoms with E-state index in [1.165, 1.54) is 0 Å². The first-order valence-corrected chi connectivity index (χ1v) is 12.2. The molecule has 1 atom stereocenters. The topological polar surface area (TPSA) is 77.1 Å². The molecule has 1 aliphatic rings. The van der Waals surface area contributed by atoms with Crippen molar-refractivity contribution in [2.45, 2.75) is 26.2 Å². The summed E-state index contributed by atoms with van der Waals surface area (Å²) < 4.78 is 16.4. The predicted octanol–water partition coefficient (Wildman–Crippen LogP) is 4.45. The molecule has 1 saturated heterocycles. The third-order valence-electron chi connectivity index (χ3n) is 7.35. The Bertz CT molecular complexity index is 1260. The van der Waals surface area contributed by atoms with Gasteiger partial charge in [0.25, 0.3) is 0 Å². The number of ether oxygens (including phenoxy) is 3. The van der Waals surface area contributed by atoms with Gasteiger partial charge >= 0.3 is 0 Å². The molecule has 0 saturated carbocycles. The average molecular weight is 491 g/mol. The van der Waals surface area contributed by atoms with E-state index in [4.69, 9.17) is 14.2 Å². The molecule has 1 heterocycles. The standard InChI is InChI=1S/C29H34N2O5/c1-6-29(28(33)30-2)11-12-31(18-29)26(32)14-19-7-8-21-15-22(10-9-20(21)13-19)23-16-24(34-3)27(36-5)25(17-23)35-4/h7-10,13,15-17H,6,11-12,14,18H2,1-5H3,(H,30,33). The molecular formula is C29H34N2O5. The summed E-state index contributed by atoms with van der Waals surface area (Å²) in [6, 6.07) is 16.2. The maximum absolute atomic E-state index is 13.0. The summed E-state index contributed by atoms with van der Waals surface area (Å²) in [5, 5.41) is 4.90. The van der Waals surface area contributed by atoms with Gasteiger partial charge in [0.2, 0.25) is 17.6 Å². The maximum Gasteiger partial charge on any atom is 0.227 e. The van der Waals surface area contributed by atoms with E-state index in [-0.39, 0.29) is 11.8 Å². The van der Waals surface area contributed by atoms with Crippen molar-refractivity contribution in [3.05, 3.63) is 54.1 Å². The second-order valence-corrected chi connectivity index (χ2v) is 9.27. The van der Waals surface area contributed by atoms with Crippen molar-refractivity contribution in [2.24, 2.45) is 5.41 Å². The lowest BCUT2D eigenvalue weighted by atomic mass is 9.83. The predicted molar refractivity (Wildman–Crippen MR) is 141 cm³/mol. The van der Waals surface area contributed by atoms with Crippen LogP contribution in [0.2, 0.25) is 0 Å². The van der Waals surface area contributed by atoms with Gasteiger partial charge in [-0.3, -0.25) is 9.59 Å². The van der Waals surface area contributed by atoms with Crippen molar-refractivity contribution in [3.8, 4) is 28.4 Å². The Hall–Kier alpha value is -3.74. The molecule has 1 unspecified atom stereocenters. The Morgan fingerprint density at radius 3 is 2.19 bits per heavy atom. The Morgan fingerprint density at radius 1 is 0.917 bits per heavy atom. The van der Waals surface area contributed by atoms with Crippen molar-refractivity contribution in [1.82, 2.24) is 10.2 Å². The summed E-state index contributed by atoms with van der Waals surface area (Å²) in [6.07, 6.45) is 1.75. The molecule has 7 nitrogen and oxygen atoms in total. The minimum Gasteiger partial charge on any atom is -0.493 e. The third kappa shape index (κ3) is 4.70. The normalized spacial score (nSPS) is 17.2. The van der Waals surface area contributed by atoms with Gasteiger partial charge in [0.05, 0.1) is 33.2 Å². The quantitative estimate of drug-likeness (QED) is 0.505. The number of hydrogen-bond acceptors (Lipinski definition) is 5. The number of carbonyl (C=O) groups excluding carboxylic acids is 2. The Kier molecular flexibility index (Phi) is 7.38. The first-order chi connectivity index (χ1) is 17.4. The highest BCUT2D eigenvalue weighted by atomic mass is 16.5.